The molecule has 0 amide bonds. The van der Waals surface area contributed by atoms with Crippen molar-refractivity contribution < 1.29 is 23.4 Å². The number of nitrogens with zero attached hydrogens (tertiary/aromatic N) is 1. The molecule has 1 aliphatic carbocycles. The highest BCUT2D eigenvalue weighted by Gasteiger charge is 2.40. The highest BCUT2D eigenvalue weighted by molar-refractivity contribution is 5.94. The molecule has 2 aromatic rings. The smallest absolute Gasteiger partial charge is 0.341 e. The SMILES string of the molecule is COc1cc(F)cc2c(=O)c(C(=O)O)cn(C3CC3F)c12. The van der Waals surface area contributed by atoms with E-state index in [-0.39, 0.29) is 23.1 Å². The van der Waals surface area contributed by atoms with Crippen LogP contribution in [-0.2, 0) is 0 Å². The monoisotopic (exact) mass is 295 g/mol. The van der Waals surface area contributed by atoms with E-state index in [0.29, 0.717) is 0 Å². The molecule has 0 aliphatic heterocycles. The second kappa shape index (κ2) is 4.54. The standard InChI is InChI=1S/C14H11F2NO4/c1-21-11-3-6(15)2-7-12(11)17(10-4-9(10)16)5-8(13(7)18)14(19)20/h2-3,5,9-10H,4H2,1H3,(H,19,20). The number of rotatable bonds is 3. The largest absolute Gasteiger partial charge is 0.494 e. The molecule has 0 saturated heterocycles. The Morgan fingerprint density at radius 2 is 2.14 bits per heavy atom. The highest BCUT2D eigenvalue weighted by atomic mass is 19.1. The van der Waals surface area contributed by atoms with Gasteiger partial charge in [-0.3, -0.25) is 4.79 Å². The van der Waals surface area contributed by atoms with Crippen LogP contribution >= 0.6 is 0 Å². The normalized spacial score (nSPS) is 20.5. The van der Waals surface area contributed by atoms with Crippen molar-refractivity contribution in [3.05, 3.63) is 39.9 Å². The van der Waals surface area contributed by atoms with Crippen LogP contribution in [0.2, 0.25) is 0 Å². The number of aromatic carboxylic acids is 1. The number of methoxy groups -OCH3 is 1. The molecular formula is C14H11F2NO4. The van der Waals surface area contributed by atoms with Gasteiger partial charge in [-0.05, 0) is 6.07 Å². The third-order valence-corrected chi connectivity index (χ3v) is 3.54. The van der Waals surface area contributed by atoms with Gasteiger partial charge in [0.05, 0.1) is 24.1 Å². The van der Waals surface area contributed by atoms with Crippen LogP contribution in [0.5, 0.6) is 5.75 Å². The first-order valence-electron chi connectivity index (χ1n) is 6.23. The topological polar surface area (TPSA) is 68.5 Å². The summed E-state index contributed by atoms with van der Waals surface area (Å²) in [7, 11) is 1.30. The fraction of sp³-hybridized carbons (Fsp3) is 0.286. The molecule has 0 bridgehead atoms. The Labute approximate surface area is 117 Å². The zero-order chi connectivity index (χ0) is 15.3. The molecule has 5 nitrogen and oxygen atoms in total. The van der Waals surface area contributed by atoms with Gasteiger partial charge in [0.1, 0.15) is 23.3 Å². The third kappa shape index (κ3) is 2.05. The van der Waals surface area contributed by atoms with Gasteiger partial charge in [0.2, 0.25) is 5.43 Å². The summed E-state index contributed by atoms with van der Waals surface area (Å²) in [5.74, 6) is -2.09. The van der Waals surface area contributed by atoms with Crippen LogP contribution in [0.1, 0.15) is 22.8 Å². The van der Waals surface area contributed by atoms with E-state index in [9.17, 15) is 18.4 Å². The lowest BCUT2D eigenvalue weighted by atomic mass is 10.1. The molecule has 1 heterocycles. The van der Waals surface area contributed by atoms with Crippen molar-refractivity contribution in [2.45, 2.75) is 18.6 Å². The first-order valence-corrected chi connectivity index (χ1v) is 6.23. The number of pyridine rings is 1. The molecule has 1 fully saturated rings. The Balaban J connectivity index is 2.45. The maximum atomic E-state index is 13.6. The van der Waals surface area contributed by atoms with Crippen LogP contribution in [0.3, 0.4) is 0 Å². The van der Waals surface area contributed by atoms with Crippen molar-refractivity contribution in [2.75, 3.05) is 7.11 Å². The zero-order valence-corrected chi connectivity index (χ0v) is 11.0. The lowest BCUT2D eigenvalue weighted by Crippen LogP contribution is -2.19. The third-order valence-electron chi connectivity index (χ3n) is 3.54. The maximum Gasteiger partial charge on any atom is 0.341 e. The van der Waals surface area contributed by atoms with Gasteiger partial charge in [-0.15, -0.1) is 0 Å². The second-order valence-corrected chi connectivity index (χ2v) is 4.91. The molecule has 21 heavy (non-hydrogen) atoms. The number of ether oxygens (including phenoxy) is 1. The molecule has 0 spiro atoms. The van der Waals surface area contributed by atoms with E-state index in [4.69, 9.17) is 9.84 Å². The van der Waals surface area contributed by atoms with Gasteiger partial charge in [-0.1, -0.05) is 0 Å². The Hall–Kier alpha value is -2.44. The summed E-state index contributed by atoms with van der Waals surface area (Å²) in [4.78, 5) is 23.3. The minimum absolute atomic E-state index is 0.0677. The summed E-state index contributed by atoms with van der Waals surface area (Å²) in [6, 6.07) is 1.46. The van der Waals surface area contributed by atoms with Gasteiger partial charge < -0.3 is 14.4 Å². The van der Waals surface area contributed by atoms with Crippen LogP contribution < -0.4 is 10.2 Å². The first kappa shape index (κ1) is 13.5. The molecule has 0 radical (unpaired) electrons. The number of fused-ring (bicyclic) bond motifs is 1. The van der Waals surface area contributed by atoms with Crippen molar-refractivity contribution in [2.24, 2.45) is 0 Å². The number of halogens is 2. The highest BCUT2D eigenvalue weighted by Crippen LogP contribution is 2.42. The predicted molar refractivity (Wildman–Crippen MR) is 70.2 cm³/mol. The number of hydrogen-bond donors (Lipinski definition) is 1. The van der Waals surface area contributed by atoms with E-state index in [2.05, 4.69) is 0 Å². The predicted octanol–water partition coefficient (Wildman–Crippen LogP) is 2.13. The summed E-state index contributed by atoms with van der Waals surface area (Å²) < 4.78 is 33.3. The van der Waals surface area contributed by atoms with Crippen molar-refractivity contribution in [3.63, 3.8) is 0 Å². The van der Waals surface area contributed by atoms with Crippen LogP contribution in [0.15, 0.2) is 23.1 Å². The van der Waals surface area contributed by atoms with Crippen molar-refractivity contribution in [1.29, 1.82) is 0 Å². The summed E-state index contributed by atoms with van der Waals surface area (Å²) in [6.45, 7) is 0. The summed E-state index contributed by atoms with van der Waals surface area (Å²) in [6.07, 6.45) is 0.196. The zero-order valence-electron chi connectivity index (χ0n) is 11.0. The number of carbonyl (C=O) groups is 1. The number of alkyl halides is 1. The van der Waals surface area contributed by atoms with Gasteiger partial charge >= 0.3 is 5.97 Å². The number of aromatic nitrogens is 1. The summed E-state index contributed by atoms with van der Waals surface area (Å²) >= 11 is 0. The summed E-state index contributed by atoms with van der Waals surface area (Å²) in [5, 5.41) is 8.95. The van der Waals surface area contributed by atoms with E-state index < -0.39 is 35.0 Å². The number of carboxylic acids is 1. The minimum Gasteiger partial charge on any atom is -0.494 e. The lowest BCUT2D eigenvalue weighted by Gasteiger charge is -2.14. The minimum atomic E-state index is -1.44. The van der Waals surface area contributed by atoms with Crippen LogP contribution in [0.4, 0.5) is 8.78 Å². The van der Waals surface area contributed by atoms with Crippen molar-refractivity contribution in [3.8, 4) is 5.75 Å². The van der Waals surface area contributed by atoms with Crippen molar-refractivity contribution >= 4 is 16.9 Å². The number of carboxylic acid groups (broad SMARTS) is 1. The number of hydrogen-bond acceptors (Lipinski definition) is 3. The average Bonchev–Trinajstić information content (AvgIpc) is 3.15. The van der Waals surface area contributed by atoms with E-state index in [1.807, 2.05) is 0 Å². The molecule has 1 aromatic heterocycles. The second-order valence-electron chi connectivity index (χ2n) is 4.91. The summed E-state index contributed by atoms with van der Waals surface area (Å²) in [5.41, 5.74) is -1.13. The molecule has 1 aliphatic rings. The first-order chi connectivity index (χ1) is 9.93. The molecule has 3 rings (SSSR count). The van der Waals surface area contributed by atoms with Gasteiger partial charge in [0, 0.05) is 18.7 Å². The van der Waals surface area contributed by atoms with Crippen LogP contribution in [-0.4, -0.2) is 28.9 Å². The van der Waals surface area contributed by atoms with Crippen LogP contribution in [0, 0.1) is 5.82 Å². The molecule has 1 saturated carbocycles. The van der Waals surface area contributed by atoms with Gasteiger partial charge in [0.25, 0.3) is 0 Å². The van der Waals surface area contributed by atoms with E-state index >= 15 is 0 Å². The molecule has 2 unspecified atom stereocenters. The molecule has 7 heteroatoms. The van der Waals surface area contributed by atoms with Crippen LogP contribution in [0.25, 0.3) is 10.9 Å². The Bertz CT molecular complexity index is 815. The molecule has 1 N–H and O–H groups in total. The van der Waals surface area contributed by atoms with Crippen molar-refractivity contribution in [1.82, 2.24) is 4.57 Å². The van der Waals surface area contributed by atoms with Gasteiger partial charge in [0.15, 0.2) is 0 Å². The van der Waals surface area contributed by atoms with E-state index in [1.54, 1.807) is 0 Å². The fourth-order valence-corrected chi connectivity index (χ4v) is 2.43. The molecule has 110 valence electrons. The molecular weight excluding hydrogens is 284 g/mol. The average molecular weight is 295 g/mol. The quantitative estimate of drug-likeness (QED) is 0.942. The van der Waals surface area contributed by atoms with E-state index in [0.717, 1.165) is 18.3 Å². The number of benzene rings is 1. The Morgan fingerprint density at radius 1 is 1.48 bits per heavy atom. The van der Waals surface area contributed by atoms with E-state index in [1.165, 1.54) is 11.7 Å². The molecule has 2 atom stereocenters. The van der Waals surface area contributed by atoms with Gasteiger partial charge in [-0.2, -0.15) is 0 Å². The Morgan fingerprint density at radius 3 is 2.67 bits per heavy atom. The Kier molecular flexibility index (Phi) is 2.93. The fourth-order valence-electron chi connectivity index (χ4n) is 2.43. The molecule has 1 aromatic carbocycles. The maximum absolute atomic E-state index is 13.6. The lowest BCUT2D eigenvalue weighted by molar-refractivity contribution is 0.0694. The van der Waals surface area contributed by atoms with Gasteiger partial charge in [-0.25, -0.2) is 13.6 Å².